The second-order valence-electron chi connectivity index (χ2n) is 7.60. The molecule has 2 aromatic rings. The number of methoxy groups -OCH3 is 1. The predicted octanol–water partition coefficient (Wildman–Crippen LogP) is 1.65. The fourth-order valence-electron chi connectivity index (χ4n) is 3.23. The molecule has 0 spiro atoms. The van der Waals surface area contributed by atoms with E-state index in [9.17, 15) is 36.5 Å². The monoisotopic (exact) mass is 563 g/mol. The number of carboxylic acid groups (broad SMARTS) is 1. The number of nitrogens with zero attached hydrogens (tertiary/aromatic N) is 4. The Morgan fingerprint density at radius 2 is 1.74 bits per heavy atom. The first kappa shape index (κ1) is 30.2. The molecule has 1 amide bonds. The third-order valence-corrected chi connectivity index (χ3v) is 6.61. The number of amides is 1. The van der Waals surface area contributed by atoms with Crippen molar-refractivity contribution in [1.29, 1.82) is 0 Å². The number of nitro benzene ring substituents is 1. The first-order chi connectivity index (χ1) is 17.8. The van der Waals surface area contributed by atoms with Crippen LogP contribution < -0.4 is 14.4 Å². The zero-order valence-electron chi connectivity index (χ0n) is 19.9. The Balaban J connectivity index is 0.000000638. The van der Waals surface area contributed by atoms with Crippen LogP contribution in [0.1, 0.15) is 6.42 Å². The van der Waals surface area contributed by atoms with Gasteiger partial charge >= 0.3 is 12.1 Å². The zero-order chi connectivity index (χ0) is 28.5. The molecule has 1 aliphatic heterocycles. The number of nitro groups is 1. The summed E-state index contributed by atoms with van der Waals surface area (Å²) in [5.74, 6) is -1.51. The number of hydrogen-bond donors (Lipinski definition) is 2. The average molecular weight is 564 g/mol. The summed E-state index contributed by atoms with van der Waals surface area (Å²) in [5.41, 5.74) is -0.198. The van der Waals surface area contributed by atoms with Crippen LogP contribution in [0.4, 0.5) is 24.7 Å². The Kier molecular flexibility index (Phi) is 10.3. The molecule has 208 valence electrons. The lowest BCUT2D eigenvalue weighted by Gasteiger charge is -2.35. The number of piperazine rings is 1. The summed E-state index contributed by atoms with van der Waals surface area (Å²) in [6, 6.07) is 8.18. The van der Waals surface area contributed by atoms with E-state index in [4.69, 9.17) is 14.6 Å². The van der Waals surface area contributed by atoms with Gasteiger partial charge in [0.2, 0.25) is 15.9 Å². The maximum atomic E-state index is 12.5. The van der Waals surface area contributed by atoms with E-state index in [0.717, 1.165) is 30.1 Å². The summed E-state index contributed by atoms with van der Waals surface area (Å²) in [6.45, 7) is 2.11. The van der Waals surface area contributed by atoms with Crippen LogP contribution in [0.3, 0.4) is 0 Å². The normalized spacial score (nSPS) is 13.8. The van der Waals surface area contributed by atoms with Gasteiger partial charge in [0.05, 0.1) is 16.9 Å². The Hall–Kier alpha value is -3.99. The number of pyridine rings is 1. The number of benzene rings is 1. The van der Waals surface area contributed by atoms with Gasteiger partial charge in [-0.05, 0) is 24.3 Å². The van der Waals surface area contributed by atoms with Crippen molar-refractivity contribution in [3.8, 4) is 5.75 Å². The van der Waals surface area contributed by atoms with E-state index in [1.165, 1.54) is 0 Å². The van der Waals surface area contributed by atoms with Crippen LogP contribution in [0.2, 0.25) is 0 Å². The molecule has 1 saturated heterocycles. The van der Waals surface area contributed by atoms with Crippen LogP contribution in [0, 0.1) is 10.1 Å². The van der Waals surface area contributed by atoms with Crippen molar-refractivity contribution in [3.63, 3.8) is 0 Å². The Morgan fingerprint density at radius 3 is 2.24 bits per heavy atom. The van der Waals surface area contributed by atoms with Crippen LogP contribution in [-0.4, -0.2) is 86.2 Å². The van der Waals surface area contributed by atoms with Crippen LogP contribution in [0.15, 0.2) is 47.5 Å². The Labute approximate surface area is 215 Å². The second kappa shape index (κ2) is 13.0. The molecule has 0 aliphatic carbocycles. The van der Waals surface area contributed by atoms with E-state index in [0.29, 0.717) is 31.9 Å². The van der Waals surface area contributed by atoms with E-state index < -0.39 is 27.1 Å². The summed E-state index contributed by atoms with van der Waals surface area (Å²) in [7, 11) is -2.27. The SMILES string of the molecule is COc1cccnc1N1CCN(C(=O)CCNS(=O)(=O)c2ccc([N+](=O)[O-])cc2)CC1.O=C(O)C(F)(F)F. The van der Waals surface area contributed by atoms with Gasteiger partial charge in [-0.25, -0.2) is 22.9 Å². The molecule has 13 nitrogen and oxygen atoms in total. The van der Waals surface area contributed by atoms with Gasteiger partial charge in [-0.3, -0.25) is 14.9 Å². The minimum atomic E-state index is -5.08. The van der Waals surface area contributed by atoms with Crippen molar-refractivity contribution in [2.75, 3.05) is 44.7 Å². The van der Waals surface area contributed by atoms with Gasteiger partial charge < -0.3 is 19.6 Å². The molecule has 1 aliphatic rings. The Bertz CT molecular complexity index is 1230. The summed E-state index contributed by atoms with van der Waals surface area (Å²) < 4.78 is 64.0. The van der Waals surface area contributed by atoms with Gasteiger partial charge in [-0.15, -0.1) is 0 Å². The number of aromatic nitrogens is 1. The number of anilines is 1. The highest BCUT2D eigenvalue weighted by Gasteiger charge is 2.38. The molecular weight excluding hydrogens is 539 g/mol. The molecular formula is C21H24F3N5O8S. The van der Waals surface area contributed by atoms with E-state index >= 15 is 0 Å². The van der Waals surface area contributed by atoms with E-state index in [-0.39, 0.29) is 29.5 Å². The standard InChI is InChI=1S/C19H23N5O6S.C2HF3O2/c1-30-17-3-2-9-20-19(17)23-13-11-22(12-14-23)18(25)8-10-21-31(28,29)16-6-4-15(5-7-16)24(26)27;3-2(4,5)1(6)7/h2-7,9,21H,8,10-14H2,1H3;(H,6,7). The second-order valence-corrected chi connectivity index (χ2v) is 9.37. The number of sulfonamides is 1. The molecule has 1 aromatic carbocycles. The van der Waals surface area contributed by atoms with Crippen LogP contribution in [0.25, 0.3) is 0 Å². The number of nitrogens with one attached hydrogen (secondary N) is 1. The van der Waals surface area contributed by atoms with Crippen LogP contribution >= 0.6 is 0 Å². The van der Waals surface area contributed by atoms with Crippen molar-refractivity contribution in [2.24, 2.45) is 0 Å². The number of carboxylic acids is 1. The largest absolute Gasteiger partial charge is 0.493 e. The summed E-state index contributed by atoms with van der Waals surface area (Å²) >= 11 is 0. The van der Waals surface area contributed by atoms with Crippen molar-refractivity contribution in [3.05, 3.63) is 52.7 Å². The number of halogens is 3. The number of aliphatic carboxylic acids is 1. The van der Waals surface area contributed by atoms with E-state index in [1.807, 2.05) is 11.0 Å². The molecule has 2 N–H and O–H groups in total. The molecule has 1 fully saturated rings. The van der Waals surface area contributed by atoms with Crippen molar-refractivity contribution < 1.29 is 45.9 Å². The fourth-order valence-corrected chi connectivity index (χ4v) is 4.26. The number of ether oxygens (including phenoxy) is 1. The average Bonchev–Trinajstić information content (AvgIpc) is 2.88. The van der Waals surface area contributed by atoms with Gasteiger partial charge in [0.25, 0.3) is 5.69 Å². The molecule has 0 radical (unpaired) electrons. The summed E-state index contributed by atoms with van der Waals surface area (Å²) in [4.78, 5) is 39.4. The third-order valence-electron chi connectivity index (χ3n) is 5.13. The van der Waals surface area contributed by atoms with Gasteiger partial charge in [0.15, 0.2) is 11.6 Å². The molecule has 17 heteroatoms. The number of carbonyl (C=O) groups excluding carboxylic acids is 1. The zero-order valence-corrected chi connectivity index (χ0v) is 20.7. The summed E-state index contributed by atoms with van der Waals surface area (Å²) in [5, 5.41) is 17.8. The molecule has 0 bridgehead atoms. The third kappa shape index (κ3) is 8.55. The quantitative estimate of drug-likeness (QED) is 0.355. The lowest BCUT2D eigenvalue weighted by atomic mass is 10.2. The first-order valence-corrected chi connectivity index (χ1v) is 12.3. The van der Waals surface area contributed by atoms with E-state index in [1.54, 1.807) is 24.3 Å². The maximum Gasteiger partial charge on any atom is 0.490 e. The number of carbonyl (C=O) groups is 2. The topological polar surface area (TPSA) is 172 Å². The maximum absolute atomic E-state index is 12.5. The molecule has 0 saturated carbocycles. The van der Waals surface area contributed by atoms with E-state index in [2.05, 4.69) is 9.71 Å². The molecule has 3 rings (SSSR count). The van der Waals surface area contributed by atoms with Crippen LogP contribution in [-0.2, 0) is 19.6 Å². The van der Waals surface area contributed by atoms with Gasteiger partial charge in [-0.2, -0.15) is 13.2 Å². The van der Waals surface area contributed by atoms with Crippen molar-refractivity contribution >= 4 is 33.4 Å². The van der Waals surface area contributed by atoms with Crippen LogP contribution in [0.5, 0.6) is 5.75 Å². The minimum Gasteiger partial charge on any atom is -0.493 e. The molecule has 1 aromatic heterocycles. The fraction of sp³-hybridized carbons (Fsp3) is 0.381. The Morgan fingerprint density at radius 1 is 1.16 bits per heavy atom. The number of rotatable bonds is 8. The summed E-state index contributed by atoms with van der Waals surface area (Å²) in [6.07, 6.45) is -3.38. The number of alkyl halides is 3. The lowest BCUT2D eigenvalue weighted by Crippen LogP contribution is -2.49. The highest BCUT2D eigenvalue weighted by molar-refractivity contribution is 7.89. The highest BCUT2D eigenvalue weighted by Crippen LogP contribution is 2.25. The predicted molar refractivity (Wildman–Crippen MR) is 126 cm³/mol. The molecule has 0 atom stereocenters. The van der Waals surface area contributed by atoms with Crippen molar-refractivity contribution in [1.82, 2.24) is 14.6 Å². The highest BCUT2D eigenvalue weighted by atomic mass is 32.2. The number of non-ortho nitro benzene ring substituents is 1. The van der Waals surface area contributed by atoms with Gasteiger partial charge in [0, 0.05) is 57.5 Å². The molecule has 38 heavy (non-hydrogen) atoms. The van der Waals surface area contributed by atoms with Gasteiger partial charge in [-0.1, -0.05) is 0 Å². The van der Waals surface area contributed by atoms with Crippen molar-refractivity contribution in [2.45, 2.75) is 17.5 Å². The van der Waals surface area contributed by atoms with Gasteiger partial charge in [0.1, 0.15) is 0 Å². The first-order valence-electron chi connectivity index (χ1n) is 10.8. The number of hydrogen-bond acceptors (Lipinski definition) is 9. The smallest absolute Gasteiger partial charge is 0.490 e. The molecule has 2 heterocycles. The lowest BCUT2D eigenvalue weighted by molar-refractivity contribution is -0.384. The minimum absolute atomic E-state index is 0.0130. The molecule has 0 unspecified atom stereocenters.